The monoisotopic (exact) mass is 141 g/mol. The summed E-state index contributed by atoms with van der Waals surface area (Å²) in [7, 11) is 0. The summed E-state index contributed by atoms with van der Waals surface area (Å²) >= 11 is 0. The van der Waals surface area contributed by atoms with Crippen LogP contribution in [0.5, 0.6) is 0 Å². The molecule has 0 aliphatic rings. The van der Waals surface area contributed by atoms with Gasteiger partial charge in [0.1, 0.15) is 5.76 Å². The van der Waals surface area contributed by atoms with Crippen LogP contribution in [0.15, 0.2) is 4.42 Å². The minimum absolute atomic E-state index is 0.121. The Morgan fingerprint density at radius 1 is 1.50 bits per heavy atom. The van der Waals surface area contributed by atoms with Crippen LogP contribution in [-0.2, 0) is 6.42 Å². The van der Waals surface area contributed by atoms with Crippen LogP contribution >= 0.6 is 0 Å². The van der Waals surface area contributed by atoms with Crippen molar-refractivity contribution in [3.63, 3.8) is 0 Å². The molecule has 1 aromatic rings. The van der Waals surface area contributed by atoms with E-state index in [2.05, 4.69) is 4.98 Å². The molecule has 1 heterocycles. The average Bonchev–Trinajstić information content (AvgIpc) is 2.13. The molecule has 0 amide bonds. The molecule has 3 nitrogen and oxygen atoms in total. The zero-order valence-electron chi connectivity index (χ0n) is 6.22. The first-order chi connectivity index (χ1) is 4.74. The van der Waals surface area contributed by atoms with Crippen molar-refractivity contribution in [3.8, 4) is 0 Å². The van der Waals surface area contributed by atoms with Gasteiger partial charge in [-0.15, -0.1) is 0 Å². The number of nitrogens with zero attached hydrogens (tertiary/aromatic N) is 1. The second-order valence-electron chi connectivity index (χ2n) is 2.22. The molecular weight excluding hydrogens is 130 g/mol. The summed E-state index contributed by atoms with van der Waals surface area (Å²) in [5.41, 5.74) is 0.881. The van der Waals surface area contributed by atoms with Gasteiger partial charge in [-0.3, -0.25) is 0 Å². The van der Waals surface area contributed by atoms with Gasteiger partial charge in [-0.2, -0.15) is 0 Å². The van der Waals surface area contributed by atoms with Gasteiger partial charge < -0.3 is 9.52 Å². The Morgan fingerprint density at radius 2 is 2.20 bits per heavy atom. The van der Waals surface area contributed by atoms with Crippen molar-refractivity contribution in [2.75, 3.05) is 6.61 Å². The highest BCUT2D eigenvalue weighted by Gasteiger charge is 2.04. The highest BCUT2D eigenvalue weighted by molar-refractivity contribution is 5.07. The summed E-state index contributed by atoms with van der Waals surface area (Å²) < 4.78 is 5.18. The second kappa shape index (κ2) is 2.84. The third kappa shape index (κ3) is 1.36. The summed E-state index contributed by atoms with van der Waals surface area (Å²) in [5.74, 6) is 1.46. The van der Waals surface area contributed by atoms with Gasteiger partial charge in [-0.05, 0) is 6.92 Å². The molecule has 0 atom stereocenters. The molecule has 0 aliphatic carbocycles. The molecule has 0 unspecified atom stereocenters. The largest absolute Gasteiger partial charge is 0.446 e. The summed E-state index contributed by atoms with van der Waals surface area (Å²) in [6, 6.07) is 0. The lowest BCUT2D eigenvalue weighted by atomic mass is 10.3. The van der Waals surface area contributed by atoms with E-state index in [1.165, 1.54) is 0 Å². The molecule has 10 heavy (non-hydrogen) atoms. The number of hydrogen-bond donors (Lipinski definition) is 1. The Kier molecular flexibility index (Phi) is 2.06. The number of aliphatic hydroxyl groups excluding tert-OH is 1. The fraction of sp³-hybridized carbons (Fsp3) is 0.571. The Balaban J connectivity index is 2.81. The maximum atomic E-state index is 8.57. The van der Waals surface area contributed by atoms with Crippen LogP contribution in [0.25, 0.3) is 0 Å². The first kappa shape index (κ1) is 7.28. The van der Waals surface area contributed by atoms with Crippen molar-refractivity contribution in [1.82, 2.24) is 4.98 Å². The SMILES string of the molecule is Cc1nc(C)c(CCO)o1. The number of oxazole rings is 1. The predicted molar refractivity (Wildman–Crippen MR) is 36.8 cm³/mol. The molecule has 0 spiro atoms. The minimum atomic E-state index is 0.121. The molecule has 56 valence electrons. The number of aromatic nitrogens is 1. The van der Waals surface area contributed by atoms with Crippen LogP contribution in [0.4, 0.5) is 0 Å². The second-order valence-corrected chi connectivity index (χ2v) is 2.22. The van der Waals surface area contributed by atoms with E-state index in [1.807, 2.05) is 6.92 Å². The molecule has 1 rings (SSSR count). The maximum absolute atomic E-state index is 8.57. The third-order valence-corrected chi connectivity index (χ3v) is 1.34. The lowest BCUT2D eigenvalue weighted by Crippen LogP contribution is -1.89. The van der Waals surface area contributed by atoms with Crippen molar-refractivity contribution < 1.29 is 9.52 Å². The van der Waals surface area contributed by atoms with Crippen LogP contribution in [-0.4, -0.2) is 16.7 Å². The highest BCUT2D eigenvalue weighted by atomic mass is 16.4. The van der Waals surface area contributed by atoms with E-state index >= 15 is 0 Å². The predicted octanol–water partition coefficient (Wildman–Crippen LogP) is 0.826. The first-order valence-electron chi connectivity index (χ1n) is 3.28. The molecular formula is C7H11NO2. The fourth-order valence-electron chi connectivity index (χ4n) is 0.907. The van der Waals surface area contributed by atoms with E-state index in [-0.39, 0.29) is 6.61 Å². The van der Waals surface area contributed by atoms with Crippen molar-refractivity contribution in [1.29, 1.82) is 0 Å². The molecule has 0 aliphatic heterocycles. The minimum Gasteiger partial charge on any atom is -0.446 e. The van der Waals surface area contributed by atoms with Gasteiger partial charge in [-0.1, -0.05) is 0 Å². The quantitative estimate of drug-likeness (QED) is 0.663. The fourth-order valence-corrected chi connectivity index (χ4v) is 0.907. The highest BCUT2D eigenvalue weighted by Crippen LogP contribution is 2.08. The van der Waals surface area contributed by atoms with E-state index in [0.29, 0.717) is 12.3 Å². The molecule has 0 aromatic carbocycles. The van der Waals surface area contributed by atoms with Crippen molar-refractivity contribution in [2.45, 2.75) is 20.3 Å². The number of hydrogen-bond acceptors (Lipinski definition) is 3. The molecule has 0 fully saturated rings. The molecule has 0 radical (unpaired) electrons. The number of aryl methyl sites for hydroxylation is 2. The maximum Gasteiger partial charge on any atom is 0.191 e. The van der Waals surface area contributed by atoms with Gasteiger partial charge >= 0.3 is 0 Å². The van der Waals surface area contributed by atoms with Crippen LogP contribution in [0.3, 0.4) is 0 Å². The van der Waals surface area contributed by atoms with E-state index in [4.69, 9.17) is 9.52 Å². The summed E-state index contributed by atoms with van der Waals surface area (Å²) in [4.78, 5) is 4.05. The van der Waals surface area contributed by atoms with Crippen molar-refractivity contribution in [2.24, 2.45) is 0 Å². The van der Waals surface area contributed by atoms with Crippen molar-refractivity contribution in [3.05, 3.63) is 17.3 Å². The van der Waals surface area contributed by atoms with E-state index in [9.17, 15) is 0 Å². The van der Waals surface area contributed by atoms with Gasteiger partial charge in [0.2, 0.25) is 0 Å². The summed E-state index contributed by atoms with van der Waals surface area (Å²) in [6.07, 6.45) is 0.562. The summed E-state index contributed by atoms with van der Waals surface area (Å²) in [5, 5.41) is 8.57. The zero-order valence-corrected chi connectivity index (χ0v) is 6.22. The number of rotatable bonds is 2. The molecule has 1 N–H and O–H groups in total. The molecule has 0 saturated heterocycles. The van der Waals surface area contributed by atoms with Gasteiger partial charge in [0, 0.05) is 13.3 Å². The molecule has 1 aromatic heterocycles. The Bertz CT molecular complexity index is 217. The molecule has 0 saturated carbocycles. The van der Waals surface area contributed by atoms with Crippen LogP contribution in [0.1, 0.15) is 17.3 Å². The smallest absolute Gasteiger partial charge is 0.191 e. The van der Waals surface area contributed by atoms with Gasteiger partial charge in [-0.25, -0.2) is 4.98 Å². The van der Waals surface area contributed by atoms with Gasteiger partial charge in [0.15, 0.2) is 5.89 Å². The first-order valence-corrected chi connectivity index (χ1v) is 3.28. The average molecular weight is 141 g/mol. The van der Waals surface area contributed by atoms with Crippen LogP contribution in [0.2, 0.25) is 0 Å². The normalized spacial score (nSPS) is 10.3. The van der Waals surface area contributed by atoms with Gasteiger partial charge in [0.25, 0.3) is 0 Å². The Labute approximate surface area is 59.7 Å². The van der Waals surface area contributed by atoms with E-state index < -0.39 is 0 Å². The van der Waals surface area contributed by atoms with Crippen LogP contribution < -0.4 is 0 Å². The van der Waals surface area contributed by atoms with E-state index in [0.717, 1.165) is 11.5 Å². The van der Waals surface area contributed by atoms with Crippen LogP contribution in [0, 0.1) is 13.8 Å². The number of aliphatic hydroxyl groups is 1. The lowest BCUT2D eigenvalue weighted by Gasteiger charge is -1.89. The van der Waals surface area contributed by atoms with Crippen molar-refractivity contribution >= 4 is 0 Å². The standard InChI is InChI=1S/C7H11NO2/c1-5-7(3-4-9)10-6(2)8-5/h9H,3-4H2,1-2H3. The third-order valence-electron chi connectivity index (χ3n) is 1.34. The summed E-state index contributed by atoms with van der Waals surface area (Å²) in [6.45, 7) is 3.80. The molecule has 0 bridgehead atoms. The Morgan fingerprint density at radius 3 is 2.60 bits per heavy atom. The molecule has 3 heteroatoms. The Hall–Kier alpha value is -0.830. The zero-order chi connectivity index (χ0) is 7.56. The van der Waals surface area contributed by atoms with Gasteiger partial charge in [0.05, 0.1) is 12.3 Å². The van der Waals surface area contributed by atoms with E-state index in [1.54, 1.807) is 6.92 Å². The topological polar surface area (TPSA) is 46.3 Å². The lowest BCUT2D eigenvalue weighted by molar-refractivity contribution is 0.286.